The van der Waals surface area contributed by atoms with Crippen LogP contribution in [0, 0.1) is 0 Å². The first kappa shape index (κ1) is 14.3. The highest BCUT2D eigenvalue weighted by Crippen LogP contribution is 2.14. The van der Waals surface area contributed by atoms with E-state index in [0.29, 0.717) is 0 Å². The SMILES string of the molecule is Cn1c(=O)[nH]cc(C(=O)Nc2ccccc2C(N)=O)c1=O. The molecule has 1 aromatic carbocycles. The van der Waals surface area contributed by atoms with Gasteiger partial charge in [0.2, 0.25) is 0 Å². The molecular weight excluding hydrogens is 276 g/mol. The van der Waals surface area contributed by atoms with Crippen LogP contribution in [0.2, 0.25) is 0 Å². The third kappa shape index (κ3) is 2.73. The fraction of sp³-hybridized carbons (Fsp3) is 0.0769. The number of hydrogen-bond donors (Lipinski definition) is 3. The number of hydrogen-bond acceptors (Lipinski definition) is 4. The standard InChI is InChI=1S/C13H12N4O4/c1-17-12(20)8(6-15-13(17)21)11(19)16-9-5-3-2-4-7(9)10(14)18/h2-6H,1H3,(H2,14,18)(H,15,21)(H,16,19). The van der Waals surface area contributed by atoms with Gasteiger partial charge in [0.15, 0.2) is 0 Å². The van der Waals surface area contributed by atoms with E-state index in [-0.39, 0.29) is 16.8 Å². The molecule has 0 aliphatic carbocycles. The van der Waals surface area contributed by atoms with Gasteiger partial charge in [0.05, 0.1) is 11.3 Å². The molecule has 2 rings (SSSR count). The lowest BCUT2D eigenvalue weighted by atomic mass is 10.1. The summed E-state index contributed by atoms with van der Waals surface area (Å²) in [5, 5.41) is 2.42. The number of amides is 2. The summed E-state index contributed by atoms with van der Waals surface area (Å²) in [6.07, 6.45) is 1.02. The van der Waals surface area contributed by atoms with Crippen LogP contribution < -0.4 is 22.3 Å². The lowest BCUT2D eigenvalue weighted by Gasteiger charge is -2.08. The molecule has 0 radical (unpaired) electrons. The predicted molar refractivity (Wildman–Crippen MR) is 75.2 cm³/mol. The summed E-state index contributed by atoms with van der Waals surface area (Å²) in [5.41, 5.74) is 3.87. The average molecular weight is 288 g/mol. The molecule has 0 aliphatic rings. The molecule has 0 spiro atoms. The van der Waals surface area contributed by atoms with E-state index < -0.39 is 23.1 Å². The number of benzene rings is 1. The lowest BCUT2D eigenvalue weighted by molar-refractivity contribution is 0.100. The van der Waals surface area contributed by atoms with Crippen molar-refractivity contribution in [2.75, 3.05) is 5.32 Å². The average Bonchev–Trinajstić information content (AvgIpc) is 2.45. The van der Waals surface area contributed by atoms with Crippen LogP contribution in [0.1, 0.15) is 20.7 Å². The van der Waals surface area contributed by atoms with Crippen molar-refractivity contribution >= 4 is 17.5 Å². The van der Waals surface area contributed by atoms with Crippen LogP contribution in [0.5, 0.6) is 0 Å². The molecule has 1 aromatic heterocycles. The molecule has 4 N–H and O–H groups in total. The van der Waals surface area contributed by atoms with Gasteiger partial charge in [-0.3, -0.25) is 19.0 Å². The first-order valence-electron chi connectivity index (χ1n) is 5.90. The van der Waals surface area contributed by atoms with Gasteiger partial charge in [-0.05, 0) is 12.1 Å². The second-order valence-electron chi connectivity index (χ2n) is 4.24. The Morgan fingerprint density at radius 3 is 2.52 bits per heavy atom. The van der Waals surface area contributed by atoms with E-state index in [2.05, 4.69) is 10.3 Å². The fourth-order valence-corrected chi connectivity index (χ4v) is 1.72. The molecule has 2 aromatic rings. The summed E-state index contributed by atoms with van der Waals surface area (Å²) in [4.78, 5) is 48.7. The van der Waals surface area contributed by atoms with Gasteiger partial charge in [0.1, 0.15) is 5.56 Å². The van der Waals surface area contributed by atoms with Crippen molar-refractivity contribution in [2.45, 2.75) is 0 Å². The van der Waals surface area contributed by atoms with E-state index in [1.165, 1.54) is 19.2 Å². The van der Waals surface area contributed by atoms with Crippen LogP contribution in [0.4, 0.5) is 5.69 Å². The number of nitrogens with one attached hydrogen (secondary N) is 2. The van der Waals surface area contributed by atoms with Crippen LogP contribution >= 0.6 is 0 Å². The van der Waals surface area contributed by atoms with E-state index >= 15 is 0 Å². The molecule has 1 heterocycles. The largest absolute Gasteiger partial charge is 0.366 e. The molecule has 0 saturated carbocycles. The van der Waals surface area contributed by atoms with Gasteiger partial charge in [-0.1, -0.05) is 12.1 Å². The number of anilines is 1. The smallest absolute Gasteiger partial charge is 0.328 e. The molecule has 0 atom stereocenters. The van der Waals surface area contributed by atoms with Crippen LogP contribution in [-0.2, 0) is 7.05 Å². The molecule has 0 unspecified atom stereocenters. The van der Waals surface area contributed by atoms with Gasteiger partial charge >= 0.3 is 5.69 Å². The van der Waals surface area contributed by atoms with Gasteiger partial charge in [0, 0.05) is 13.2 Å². The zero-order valence-electron chi connectivity index (χ0n) is 11.0. The topological polar surface area (TPSA) is 127 Å². The number of primary amides is 1. The quantitative estimate of drug-likeness (QED) is 0.698. The third-order valence-electron chi connectivity index (χ3n) is 2.87. The zero-order valence-corrected chi connectivity index (χ0v) is 11.0. The molecule has 8 heteroatoms. The monoisotopic (exact) mass is 288 g/mol. The molecule has 0 saturated heterocycles. The van der Waals surface area contributed by atoms with Crippen LogP contribution in [0.3, 0.4) is 0 Å². The predicted octanol–water partition coefficient (Wildman–Crippen LogP) is -0.575. The van der Waals surface area contributed by atoms with Gasteiger partial charge in [0.25, 0.3) is 17.4 Å². The molecule has 0 bridgehead atoms. The maximum atomic E-state index is 12.1. The van der Waals surface area contributed by atoms with Crippen molar-refractivity contribution in [3.05, 3.63) is 62.4 Å². The summed E-state index contributed by atoms with van der Waals surface area (Å²) in [6, 6.07) is 6.12. The fourth-order valence-electron chi connectivity index (χ4n) is 1.72. The minimum Gasteiger partial charge on any atom is -0.366 e. The Labute approximate surface area is 118 Å². The highest BCUT2D eigenvalue weighted by atomic mass is 16.2. The highest BCUT2D eigenvalue weighted by Gasteiger charge is 2.15. The first-order valence-corrected chi connectivity index (χ1v) is 5.90. The maximum Gasteiger partial charge on any atom is 0.328 e. The zero-order chi connectivity index (χ0) is 15.6. The normalized spacial score (nSPS) is 10.1. The molecule has 0 fully saturated rings. The van der Waals surface area contributed by atoms with E-state index in [0.717, 1.165) is 10.8 Å². The van der Waals surface area contributed by atoms with E-state index in [9.17, 15) is 19.2 Å². The van der Waals surface area contributed by atoms with Crippen molar-refractivity contribution < 1.29 is 9.59 Å². The van der Waals surface area contributed by atoms with E-state index in [1.807, 2.05) is 0 Å². The Balaban J connectivity index is 2.40. The molecule has 8 nitrogen and oxygen atoms in total. The van der Waals surface area contributed by atoms with E-state index in [4.69, 9.17) is 5.73 Å². The van der Waals surface area contributed by atoms with Gasteiger partial charge in [-0.25, -0.2) is 4.79 Å². The molecule has 2 amide bonds. The van der Waals surface area contributed by atoms with Crippen LogP contribution in [-0.4, -0.2) is 21.4 Å². The molecule has 21 heavy (non-hydrogen) atoms. The molecule has 108 valence electrons. The second kappa shape index (κ2) is 5.45. The van der Waals surface area contributed by atoms with Gasteiger partial charge < -0.3 is 16.0 Å². The van der Waals surface area contributed by atoms with Gasteiger partial charge in [-0.15, -0.1) is 0 Å². The molecular formula is C13H12N4O4. The maximum absolute atomic E-state index is 12.1. The number of para-hydroxylation sites is 1. The summed E-state index contributed by atoms with van der Waals surface area (Å²) >= 11 is 0. The number of H-pyrrole nitrogens is 1. The number of nitrogens with zero attached hydrogens (tertiary/aromatic N) is 1. The number of aromatic amines is 1. The Bertz CT molecular complexity index is 835. The van der Waals surface area contributed by atoms with Crippen molar-refractivity contribution in [1.29, 1.82) is 0 Å². The molecule has 0 aliphatic heterocycles. The summed E-state index contributed by atoms with van der Waals surface area (Å²) in [7, 11) is 1.25. The van der Waals surface area contributed by atoms with Crippen molar-refractivity contribution in [3.63, 3.8) is 0 Å². The second-order valence-corrected chi connectivity index (χ2v) is 4.24. The Morgan fingerprint density at radius 2 is 1.86 bits per heavy atom. The van der Waals surface area contributed by atoms with Gasteiger partial charge in [-0.2, -0.15) is 0 Å². The van der Waals surface area contributed by atoms with E-state index in [1.54, 1.807) is 12.1 Å². The number of aromatic nitrogens is 2. The minimum absolute atomic E-state index is 0.118. The number of carbonyl (C=O) groups is 2. The van der Waals surface area contributed by atoms with Crippen molar-refractivity contribution in [2.24, 2.45) is 12.8 Å². The Morgan fingerprint density at radius 1 is 1.19 bits per heavy atom. The third-order valence-corrected chi connectivity index (χ3v) is 2.87. The summed E-state index contributed by atoms with van der Waals surface area (Å²) < 4.78 is 0.773. The lowest BCUT2D eigenvalue weighted by Crippen LogP contribution is -2.37. The van der Waals surface area contributed by atoms with Crippen molar-refractivity contribution in [3.8, 4) is 0 Å². The van der Waals surface area contributed by atoms with Crippen molar-refractivity contribution in [1.82, 2.24) is 9.55 Å². The number of rotatable bonds is 3. The van der Waals surface area contributed by atoms with Crippen LogP contribution in [0.25, 0.3) is 0 Å². The summed E-state index contributed by atoms with van der Waals surface area (Å²) in [6.45, 7) is 0. The minimum atomic E-state index is -0.749. The first-order chi connectivity index (χ1) is 9.91. The Kier molecular flexibility index (Phi) is 3.70. The number of nitrogens with two attached hydrogens (primary N) is 1. The summed E-state index contributed by atoms with van der Waals surface area (Å²) in [5.74, 6) is -1.46. The number of carbonyl (C=O) groups excluding carboxylic acids is 2. The van der Waals surface area contributed by atoms with Crippen LogP contribution in [0.15, 0.2) is 40.1 Å². The Hall–Kier alpha value is -3.16. The highest BCUT2D eigenvalue weighted by molar-refractivity contribution is 6.08.